The average molecular weight is 828 g/mol. The van der Waals surface area contributed by atoms with Crippen LogP contribution in [0.2, 0.25) is 0 Å². The molecule has 0 aromatic carbocycles. The zero-order chi connectivity index (χ0) is 42.1. The number of rotatable bonds is 44. The summed E-state index contributed by atoms with van der Waals surface area (Å²) in [5.74, 6) is -0.148. The molecular weight excluding hydrogens is 732 g/mol. The Balaban J connectivity index is 4.28. The molecule has 0 fully saturated rings. The zero-order valence-corrected chi connectivity index (χ0v) is 39.2. The Labute approximate surface area is 354 Å². The number of allylic oxidation sites excluding steroid dienone is 4. The number of nitrogens with one attached hydrogen (secondary N) is 1. The number of unbranched alkanes of at least 4 members (excludes halogenated alkanes) is 27. The van der Waals surface area contributed by atoms with E-state index in [2.05, 4.69) is 43.5 Å². The lowest BCUT2D eigenvalue weighted by molar-refractivity contribution is -0.870. The molecule has 0 aliphatic rings. The normalized spacial score (nSPS) is 14.4. The minimum atomic E-state index is -4.31. The van der Waals surface area contributed by atoms with Crippen LogP contribution in [0.25, 0.3) is 0 Å². The molecule has 0 aromatic rings. The van der Waals surface area contributed by atoms with Gasteiger partial charge in [0.15, 0.2) is 0 Å². The topological polar surface area (TPSA) is 105 Å². The maximum atomic E-state index is 12.9. The largest absolute Gasteiger partial charge is 0.472 e. The second-order valence-corrected chi connectivity index (χ2v) is 19.3. The average Bonchev–Trinajstić information content (AvgIpc) is 3.16. The summed E-state index contributed by atoms with van der Waals surface area (Å²) in [5, 5.41) is 14.0. The van der Waals surface area contributed by atoms with Gasteiger partial charge in [-0.1, -0.05) is 199 Å². The molecule has 0 aliphatic carbocycles. The van der Waals surface area contributed by atoms with Crippen LogP contribution < -0.4 is 5.32 Å². The van der Waals surface area contributed by atoms with Crippen LogP contribution >= 0.6 is 7.82 Å². The first-order valence-corrected chi connectivity index (χ1v) is 25.7. The van der Waals surface area contributed by atoms with Gasteiger partial charge in [0.05, 0.1) is 39.9 Å². The minimum absolute atomic E-state index is 0.0746. The van der Waals surface area contributed by atoms with Gasteiger partial charge in [0, 0.05) is 6.42 Å². The number of hydrogen-bond donors (Lipinski definition) is 3. The summed E-state index contributed by atoms with van der Waals surface area (Å²) in [6, 6.07) is -0.760. The Kier molecular flexibility index (Phi) is 39.7. The van der Waals surface area contributed by atoms with E-state index in [9.17, 15) is 19.4 Å². The van der Waals surface area contributed by atoms with Crippen LogP contribution in [0.1, 0.15) is 226 Å². The number of quaternary nitrogens is 1. The second-order valence-electron chi connectivity index (χ2n) is 17.8. The first-order valence-electron chi connectivity index (χ1n) is 24.2. The van der Waals surface area contributed by atoms with E-state index in [1.807, 2.05) is 21.1 Å². The van der Waals surface area contributed by atoms with E-state index in [0.717, 1.165) is 44.9 Å². The molecule has 0 rings (SSSR count). The number of amides is 1. The summed E-state index contributed by atoms with van der Waals surface area (Å²) in [5.41, 5.74) is 0. The fourth-order valence-corrected chi connectivity index (χ4v) is 7.81. The molecule has 3 unspecified atom stereocenters. The van der Waals surface area contributed by atoms with Crippen molar-refractivity contribution >= 4 is 13.7 Å². The fourth-order valence-electron chi connectivity index (χ4n) is 7.08. The van der Waals surface area contributed by atoms with Gasteiger partial charge in [0.25, 0.3) is 0 Å². The van der Waals surface area contributed by atoms with E-state index >= 15 is 0 Å². The molecule has 1 amide bonds. The third-order valence-corrected chi connectivity index (χ3v) is 11.9. The van der Waals surface area contributed by atoms with Crippen molar-refractivity contribution in [1.29, 1.82) is 0 Å². The van der Waals surface area contributed by atoms with Crippen molar-refractivity contribution < 1.29 is 32.9 Å². The van der Waals surface area contributed by atoms with Crippen LogP contribution in [0.5, 0.6) is 0 Å². The zero-order valence-electron chi connectivity index (χ0n) is 38.3. The Hall–Kier alpha value is -1.02. The molecule has 0 radical (unpaired) electrons. The second kappa shape index (κ2) is 40.4. The Morgan fingerprint density at radius 2 is 1.00 bits per heavy atom. The predicted octanol–water partition coefficient (Wildman–Crippen LogP) is 13.7. The summed E-state index contributed by atoms with van der Waals surface area (Å²) in [6.45, 7) is 4.88. The smallest absolute Gasteiger partial charge is 0.391 e. The molecular formula is C48H96N2O6P+. The van der Waals surface area contributed by atoms with Crippen molar-refractivity contribution in [1.82, 2.24) is 5.32 Å². The number of phosphoric ester groups is 1. The highest BCUT2D eigenvalue weighted by atomic mass is 31.2. The van der Waals surface area contributed by atoms with Gasteiger partial charge in [-0.15, -0.1) is 0 Å². The highest BCUT2D eigenvalue weighted by Crippen LogP contribution is 2.43. The van der Waals surface area contributed by atoms with Gasteiger partial charge in [0.1, 0.15) is 13.2 Å². The van der Waals surface area contributed by atoms with Gasteiger partial charge < -0.3 is 19.8 Å². The maximum absolute atomic E-state index is 12.9. The lowest BCUT2D eigenvalue weighted by atomic mass is 10.0. The molecule has 0 saturated heterocycles. The van der Waals surface area contributed by atoms with Gasteiger partial charge in [-0.3, -0.25) is 13.8 Å². The quantitative estimate of drug-likeness (QED) is 0.0244. The van der Waals surface area contributed by atoms with E-state index in [0.29, 0.717) is 23.9 Å². The number of hydrogen-bond acceptors (Lipinski definition) is 5. The van der Waals surface area contributed by atoms with Gasteiger partial charge in [-0.25, -0.2) is 4.57 Å². The van der Waals surface area contributed by atoms with Gasteiger partial charge >= 0.3 is 7.82 Å². The SMILES string of the molecule is CCCCCCC/C=C\C/C=C\CCCCCCCCCCCC(=O)NC(COP(=O)(O)OCC[N+](C)(C)C)C(O)CCCCCCCCCCCCCCCC. The number of aliphatic hydroxyl groups excluding tert-OH is 1. The van der Waals surface area contributed by atoms with Crippen molar-refractivity contribution in [3.05, 3.63) is 24.3 Å². The third kappa shape index (κ3) is 42.9. The van der Waals surface area contributed by atoms with Crippen molar-refractivity contribution in [2.24, 2.45) is 0 Å². The summed E-state index contributed by atoms with van der Waals surface area (Å²) in [6.07, 6.45) is 47.7. The number of carbonyl (C=O) groups is 1. The van der Waals surface area contributed by atoms with Gasteiger partial charge in [-0.05, 0) is 44.9 Å². The Morgan fingerprint density at radius 3 is 1.44 bits per heavy atom. The van der Waals surface area contributed by atoms with Crippen molar-refractivity contribution in [2.45, 2.75) is 238 Å². The molecule has 0 spiro atoms. The van der Waals surface area contributed by atoms with Crippen LogP contribution in [0.4, 0.5) is 0 Å². The lowest BCUT2D eigenvalue weighted by Gasteiger charge is -2.26. The highest BCUT2D eigenvalue weighted by Gasteiger charge is 2.28. The number of aliphatic hydroxyl groups is 1. The number of phosphoric acid groups is 1. The van der Waals surface area contributed by atoms with Crippen molar-refractivity contribution in [3.63, 3.8) is 0 Å². The molecule has 0 aliphatic heterocycles. The van der Waals surface area contributed by atoms with E-state index in [-0.39, 0.29) is 19.1 Å². The lowest BCUT2D eigenvalue weighted by Crippen LogP contribution is -2.46. The third-order valence-electron chi connectivity index (χ3n) is 11.0. The molecule has 3 N–H and O–H groups in total. The summed E-state index contributed by atoms with van der Waals surface area (Å²) >= 11 is 0. The monoisotopic (exact) mass is 828 g/mol. The molecule has 338 valence electrons. The van der Waals surface area contributed by atoms with Gasteiger partial charge in [-0.2, -0.15) is 0 Å². The first-order chi connectivity index (χ1) is 27.5. The van der Waals surface area contributed by atoms with E-state index in [1.54, 1.807) is 0 Å². The molecule has 3 atom stereocenters. The number of nitrogens with zero attached hydrogens (tertiary/aromatic N) is 1. The van der Waals surface area contributed by atoms with Crippen molar-refractivity contribution in [3.8, 4) is 0 Å². The van der Waals surface area contributed by atoms with E-state index < -0.39 is 20.0 Å². The number of carbonyl (C=O) groups excluding carboxylic acids is 1. The molecule has 0 aromatic heterocycles. The van der Waals surface area contributed by atoms with E-state index in [1.165, 1.54) is 154 Å². The first kappa shape index (κ1) is 56.0. The maximum Gasteiger partial charge on any atom is 0.472 e. The Morgan fingerprint density at radius 1 is 0.596 bits per heavy atom. The molecule has 0 bridgehead atoms. The molecule has 8 nitrogen and oxygen atoms in total. The minimum Gasteiger partial charge on any atom is -0.391 e. The summed E-state index contributed by atoms with van der Waals surface area (Å²) in [4.78, 5) is 23.2. The molecule has 9 heteroatoms. The van der Waals surface area contributed by atoms with E-state index in [4.69, 9.17) is 9.05 Å². The molecule has 0 saturated carbocycles. The van der Waals surface area contributed by atoms with Crippen LogP contribution in [0.3, 0.4) is 0 Å². The predicted molar refractivity (Wildman–Crippen MR) is 245 cm³/mol. The number of likely N-dealkylation sites (N-methyl/N-ethyl adjacent to an activating group) is 1. The van der Waals surface area contributed by atoms with Gasteiger partial charge in [0.2, 0.25) is 5.91 Å². The Bertz CT molecular complexity index is 984. The summed E-state index contributed by atoms with van der Waals surface area (Å²) < 4.78 is 23.7. The van der Waals surface area contributed by atoms with Crippen LogP contribution in [0.15, 0.2) is 24.3 Å². The summed E-state index contributed by atoms with van der Waals surface area (Å²) in [7, 11) is 1.62. The van der Waals surface area contributed by atoms with Crippen LogP contribution in [-0.4, -0.2) is 73.4 Å². The fraction of sp³-hybridized carbons (Fsp3) is 0.896. The van der Waals surface area contributed by atoms with Crippen molar-refractivity contribution in [2.75, 3.05) is 40.9 Å². The highest BCUT2D eigenvalue weighted by molar-refractivity contribution is 7.47. The van der Waals surface area contributed by atoms with Crippen LogP contribution in [-0.2, 0) is 18.4 Å². The molecule has 57 heavy (non-hydrogen) atoms. The standard InChI is InChI=1S/C48H95N2O6P/c1-6-8-10-12-14-16-18-20-22-23-24-25-26-27-28-30-32-34-36-38-40-42-48(52)49-46(45-56-57(53,54)55-44-43-50(3,4)5)47(51)41-39-37-35-33-31-29-21-19-17-15-13-11-9-7-2/h18,20,23-24,46-47,51H,6-17,19,21-22,25-45H2,1-5H3,(H-,49,52,53,54)/p+1/b20-18-,24-23-. The molecule has 0 heterocycles. The van der Waals surface area contributed by atoms with Crippen LogP contribution in [0, 0.1) is 0 Å².